The molecule has 3 aromatic rings. The van der Waals surface area contributed by atoms with E-state index < -0.39 is 31.5 Å². The zero-order valence-electron chi connectivity index (χ0n) is 26.9. The molecule has 0 radical (unpaired) electrons. The van der Waals surface area contributed by atoms with Gasteiger partial charge in [-0.3, -0.25) is 18.9 Å². The Bertz CT molecular complexity index is 1790. The van der Waals surface area contributed by atoms with Gasteiger partial charge in [0.05, 0.1) is 16.9 Å². The molecule has 3 aliphatic heterocycles. The first kappa shape index (κ1) is 34.3. The maximum Gasteiger partial charge on any atom is 0.363 e. The van der Waals surface area contributed by atoms with Gasteiger partial charge >= 0.3 is 7.60 Å². The number of nitriles is 1. The third-order valence-electron chi connectivity index (χ3n) is 10.3. The van der Waals surface area contributed by atoms with Crippen molar-refractivity contribution < 1.29 is 33.1 Å². The standard InChI is InChI=1S/C35H40FN4O6PS/c1-20(2)22-8-11-28(38-33(41)31-16-24-14-23(9-13-30(24)48-31)32(36)47(44,45)46)34(42)40-26(15-22)10-12-29(40)35(43)39-18-25(17-37)27(19-39)21-6-4-3-5-7-21/h3-7,9,13-14,16,20,22,25-29,32H,8,10-12,15,18-19H2,1-2H3,(H,38,41)(H2,44,45,46)/t22-,25+,26+,27-,28-,29-,32?/m0/s1. The van der Waals surface area contributed by atoms with Crippen molar-refractivity contribution in [2.45, 2.75) is 75.9 Å². The zero-order chi connectivity index (χ0) is 34.3. The molecule has 254 valence electrons. The molecule has 0 bridgehead atoms. The number of alkyl halides is 1. The van der Waals surface area contributed by atoms with Crippen molar-refractivity contribution in [3.8, 4) is 6.07 Å². The average Bonchev–Trinajstić information content (AvgIpc) is 3.80. The smallest absolute Gasteiger partial charge is 0.340 e. The SMILES string of the molecule is CC(C)[C@H]1CC[C@H](NC(=O)c2cc3cc(C(F)P(=O)(O)O)ccc3s2)C(=O)N2[C@H](CC[C@H]2C(=O)N2C[C@@H](C#N)[C@H](c3ccccc3)C2)C1. The van der Waals surface area contributed by atoms with Gasteiger partial charge in [0.15, 0.2) is 0 Å². The Morgan fingerprint density at radius 1 is 1.06 bits per heavy atom. The Morgan fingerprint density at radius 2 is 1.81 bits per heavy atom. The first-order chi connectivity index (χ1) is 22.8. The first-order valence-electron chi connectivity index (χ1n) is 16.4. The molecule has 48 heavy (non-hydrogen) atoms. The van der Waals surface area contributed by atoms with Crippen LogP contribution in [0.1, 0.15) is 78.6 Å². The molecule has 10 nitrogen and oxygen atoms in total. The summed E-state index contributed by atoms with van der Waals surface area (Å²) < 4.78 is 26.4. The van der Waals surface area contributed by atoms with Gasteiger partial charge in [-0.1, -0.05) is 50.2 Å². The average molecular weight is 695 g/mol. The number of nitrogens with one attached hydrogen (secondary N) is 1. The summed E-state index contributed by atoms with van der Waals surface area (Å²) in [6, 6.07) is 16.1. The number of hydrogen-bond acceptors (Lipinski definition) is 6. The summed E-state index contributed by atoms with van der Waals surface area (Å²) in [6.07, 6.45) is 3.14. The quantitative estimate of drug-likeness (QED) is 0.268. The number of hydrogen-bond donors (Lipinski definition) is 3. The molecule has 3 aliphatic rings. The van der Waals surface area contributed by atoms with Crippen molar-refractivity contribution in [1.29, 1.82) is 5.26 Å². The van der Waals surface area contributed by atoms with Gasteiger partial charge in [-0.15, -0.1) is 11.3 Å². The van der Waals surface area contributed by atoms with Gasteiger partial charge in [0.1, 0.15) is 12.1 Å². The van der Waals surface area contributed by atoms with Crippen molar-refractivity contribution in [1.82, 2.24) is 15.1 Å². The Hall–Kier alpha value is -3.62. The molecule has 1 unspecified atom stereocenters. The summed E-state index contributed by atoms with van der Waals surface area (Å²) in [7, 11) is -5.00. The number of carbonyl (C=O) groups excluding carboxylic acids is 3. The van der Waals surface area contributed by atoms with Crippen LogP contribution in [0.2, 0.25) is 0 Å². The van der Waals surface area contributed by atoms with E-state index >= 15 is 0 Å². The van der Waals surface area contributed by atoms with Crippen LogP contribution >= 0.6 is 18.9 Å². The lowest BCUT2D eigenvalue weighted by Crippen LogP contribution is -2.57. The first-order valence-corrected chi connectivity index (χ1v) is 18.9. The van der Waals surface area contributed by atoms with E-state index in [4.69, 9.17) is 0 Å². The topological polar surface area (TPSA) is 151 Å². The molecule has 1 aromatic heterocycles. The van der Waals surface area contributed by atoms with Crippen LogP contribution in [-0.4, -0.2) is 68.5 Å². The molecule has 0 spiro atoms. The summed E-state index contributed by atoms with van der Waals surface area (Å²) in [4.78, 5) is 64.3. The fourth-order valence-corrected chi connectivity index (χ4v) is 9.19. The third-order valence-corrected chi connectivity index (χ3v) is 12.4. The number of carbonyl (C=O) groups is 3. The monoisotopic (exact) mass is 694 g/mol. The minimum atomic E-state index is -5.00. The molecule has 3 N–H and O–H groups in total. The van der Waals surface area contributed by atoms with Gasteiger partial charge in [-0.2, -0.15) is 5.26 Å². The van der Waals surface area contributed by atoms with Gasteiger partial charge in [0.2, 0.25) is 17.7 Å². The highest BCUT2D eigenvalue weighted by atomic mass is 32.1. The molecule has 3 saturated heterocycles. The molecular weight excluding hydrogens is 654 g/mol. The number of benzene rings is 2. The number of likely N-dealkylation sites (tertiary alicyclic amines) is 1. The van der Waals surface area contributed by atoms with Gasteiger partial charge < -0.3 is 24.9 Å². The zero-order valence-corrected chi connectivity index (χ0v) is 28.6. The van der Waals surface area contributed by atoms with E-state index in [1.165, 1.54) is 24.3 Å². The fourth-order valence-electron chi connectivity index (χ4n) is 7.69. The summed E-state index contributed by atoms with van der Waals surface area (Å²) in [5.74, 6) is -3.21. The summed E-state index contributed by atoms with van der Waals surface area (Å²) >= 11 is 1.14. The maximum atomic E-state index is 14.4. The molecule has 3 amide bonds. The second-order valence-corrected chi connectivity index (χ2v) is 16.4. The van der Waals surface area contributed by atoms with Gasteiger partial charge in [-0.25, -0.2) is 4.39 Å². The predicted octanol–water partition coefficient (Wildman–Crippen LogP) is 5.73. The molecule has 13 heteroatoms. The number of thiophene rings is 1. The van der Waals surface area contributed by atoms with Crippen LogP contribution in [0, 0.1) is 29.1 Å². The minimum Gasteiger partial charge on any atom is -0.340 e. The van der Waals surface area contributed by atoms with E-state index in [-0.39, 0.29) is 40.1 Å². The van der Waals surface area contributed by atoms with Crippen LogP contribution in [0.25, 0.3) is 10.1 Å². The van der Waals surface area contributed by atoms with Gasteiger partial charge in [0, 0.05) is 29.7 Å². The van der Waals surface area contributed by atoms with Crippen LogP contribution in [0.15, 0.2) is 54.6 Å². The molecule has 4 heterocycles. The maximum absolute atomic E-state index is 14.4. The lowest BCUT2D eigenvalue weighted by Gasteiger charge is -2.39. The highest BCUT2D eigenvalue weighted by Crippen LogP contribution is 2.53. The number of nitrogens with zero attached hydrogens (tertiary/aromatic N) is 3. The predicted molar refractivity (Wildman–Crippen MR) is 180 cm³/mol. The lowest BCUT2D eigenvalue weighted by atomic mass is 9.82. The van der Waals surface area contributed by atoms with E-state index in [1.54, 1.807) is 9.80 Å². The Morgan fingerprint density at radius 3 is 2.50 bits per heavy atom. The molecule has 2 aromatic carbocycles. The summed E-state index contributed by atoms with van der Waals surface area (Å²) in [5.41, 5.74) is 0.831. The lowest BCUT2D eigenvalue weighted by molar-refractivity contribution is -0.147. The van der Waals surface area contributed by atoms with Crippen molar-refractivity contribution >= 4 is 46.7 Å². The molecule has 6 rings (SSSR count). The highest BCUT2D eigenvalue weighted by molar-refractivity contribution is 7.51. The number of fused-ring (bicyclic) bond motifs is 2. The molecule has 0 saturated carbocycles. The van der Waals surface area contributed by atoms with Crippen LogP contribution in [-0.2, 0) is 14.2 Å². The van der Waals surface area contributed by atoms with E-state index in [0.717, 1.165) is 29.7 Å². The van der Waals surface area contributed by atoms with Crippen molar-refractivity contribution in [2.24, 2.45) is 17.8 Å². The molecule has 3 fully saturated rings. The largest absolute Gasteiger partial charge is 0.363 e. The van der Waals surface area contributed by atoms with Gasteiger partial charge in [-0.05, 0) is 78.7 Å². The molecular formula is C35H40FN4O6PS. The third kappa shape index (κ3) is 6.79. The summed E-state index contributed by atoms with van der Waals surface area (Å²) in [6.45, 7) is 5.01. The van der Waals surface area contributed by atoms with E-state index in [2.05, 4.69) is 25.2 Å². The Labute approximate surface area is 283 Å². The van der Waals surface area contributed by atoms with Crippen LogP contribution in [0.3, 0.4) is 0 Å². The summed E-state index contributed by atoms with van der Waals surface area (Å²) in [5, 5.41) is 13.3. The minimum absolute atomic E-state index is 0.109. The van der Waals surface area contributed by atoms with Crippen LogP contribution in [0.5, 0.6) is 0 Å². The van der Waals surface area contributed by atoms with Crippen molar-refractivity contribution in [3.05, 3.63) is 70.6 Å². The Balaban J connectivity index is 1.23. The number of amides is 3. The van der Waals surface area contributed by atoms with Crippen LogP contribution < -0.4 is 5.32 Å². The fraction of sp³-hybridized carbons (Fsp3) is 0.486. The molecule has 0 aliphatic carbocycles. The van der Waals surface area contributed by atoms with Crippen molar-refractivity contribution in [3.63, 3.8) is 0 Å². The highest BCUT2D eigenvalue weighted by Gasteiger charge is 2.48. The molecule has 7 atom stereocenters. The second-order valence-electron chi connectivity index (χ2n) is 13.7. The van der Waals surface area contributed by atoms with E-state index in [0.29, 0.717) is 54.3 Å². The number of halogens is 1. The Kier molecular flexibility index (Phi) is 9.78. The second kappa shape index (κ2) is 13.7. The van der Waals surface area contributed by atoms with Gasteiger partial charge in [0.25, 0.3) is 5.91 Å². The normalized spacial score (nSPS) is 27.0. The van der Waals surface area contributed by atoms with E-state index in [1.807, 2.05) is 30.3 Å². The van der Waals surface area contributed by atoms with Crippen LogP contribution in [0.4, 0.5) is 4.39 Å². The van der Waals surface area contributed by atoms with Crippen molar-refractivity contribution in [2.75, 3.05) is 13.1 Å². The number of rotatable bonds is 7. The van der Waals surface area contributed by atoms with E-state index in [9.17, 15) is 38.4 Å².